The standard InChI is InChI=1S/C15H7Cl3FNO/c16-8-4-5-9(12(18)6-8)15(21)10(7-20)14-11(17)2-1-3-13(14)19/h1-6,10H. The van der Waals surface area contributed by atoms with E-state index in [1.54, 1.807) is 6.07 Å². The van der Waals surface area contributed by atoms with Gasteiger partial charge in [0, 0.05) is 21.2 Å². The van der Waals surface area contributed by atoms with Gasteiger partial charge < -0.3 is 0 Å². The van der Waals surface area contributed by atoms with Crippen molar-refractivity contribution in [1.29, 1.82) is 5.26 Å². The van der Waals surface area contributed by atoms with E-state index < -0.39 is 17.5 Å². The van der Waals surface area contributed by atoms with Crippen LogP contribution in [-0.2, 0) is 0 Å². The van der Waals surface area contributed by atoms with Crippen molar-refractivity contribution in [3.05, 3.63) is 68.4 Å². The van der Waals surface area contributed by atoms with Crippen LogP contribution in [0.4, 0.5) is 4.39 Å². The summed E-state index contributed by atoms with van der Waals surface area (Å²) >= 11 is 17.6. The largest absolute Gasteiger partial charge is 0.292 e. The molecule has 0 radical (unpaired) electrons. The van der Waals surface area contributed by atoms with Gasteiger partial charge in [0.05, 0.1) is 11.1 Å². The van der Waals surface area contributed by atoms with E-state index >= 15 is 0 Å². The number of halogens is 4. The number of nitrogens with zero attached hydrogens (tertiary/aromatic N) is 1. The third kappa shape index (κ3) is 3.19. The maximum absolute atomic E-state index is 13.9. The monoisotopic (exact) mass is 341 g/mol. The van der Waals surface area contributed by atoms with Crippen molar-refractivity contribution in [2.75, 3.05) is 0 Å². The lowest BCUT2D eigenvalue weighted by atomic mass is 9.91. The van der Waals surface area contributed by atoms with Crippen LogP contribution in [0.3, 0.4) is 0 Å². The highest BCUT2D eigenvalue weighted by Crippen LogP contribution is 2.32. The number of Topliss-reactive ketones (excluding diaryl/α,β-unsaturated/α-hetero) is 1. The number of ketones is 1. The Morgan fingerprint density at radius 3 is 2.43 bits per heavy atom. The fourth-order valence-corrected chi connectivity index (χ4v) is 2.66. The highest BCUT2D eigenvalue weighted by atomic mass is 35.5. The highest BCUT2D eigenvalue weighted by molar-refractivity contribution is 6.37. The summed E-state index contributed by atoms with van der Waals surface area (Å²) in [5.74, 6) is -2.73. The predicted octanol–water partition coefficient (Wildman–Crippen LogP) is 5.28. The van der Waals surface area contributed by atoms with Gasteiger partial charge in [0.25, 0.3) is 0 Å². The molecule has 0 bridgehead atoms. The Balaban J connectivity index is 2.52. The molecule has 0 N–H and O–H groups in total. The molecule has 2 rings (SSSR count). The van der Waals surface area contributed by atoms with Gasteiger partial charge in [-0.05, 0) is 30.3 Å². The van der Waals surface area contributed by atoms with Crippen molar-refractivity contribution in [2.45, 2.75) is 5.92 Å². The molecule has 0 saturated heterocycles. The molecule has 0 fully saturated rings. The van der Waals surface area contributed by atoms with Crippen LogP contribution in [0.5, 0.6) is 0 Å². The molecule has 0 spiro atoms. The fraction of sp³-hybridized carbons (Fsp3) is 0.0667. The van der Waals surface area contributed by atoms with Crippen LogP contribution < -0.4 is 0 Å². The van der Waals surface area contributed by atoms with Crippen molar-refractivity contribution in [3.63, 3.8) is 0 Å². The third-order valence-corrected chi connectivity index (χ3v) is 3.75. The van der Waals surface area contributed by atoms with Crippen molar-refractivity contribution in [1.82, 2.24) is 0 Å². The predicted molar refractivity (Wildman–Crippen MR) is 80.6 cm³/mol. The zero-order valence-corrected chi connectivity index (χ0v) is 12.7. The number of rotatable bonds is 3. The molecule has 1 unspecified atom stereocenters. The molecule has 0 amide bonds. The second-order valence-electron chi connectivity index (χ2n) is 4.19. The van der Waals surface area contributed by atoms with Gasteiger partial charge in [0.15, 0.2) is 5.78 Å². The smallest absolute Gasteiger partial charge is 0.186 e. The fourth-order valence-electron chi connectivity index (χ4n) is 1.89. The second kappa shape index (κ2) is 6.44. The first kappa shape index (κ1) is 15.8. The molecule has 0 saturated carbocycles. The Kier molecular flexibility index (Phi) is 4.84. The lowest BCUT2D eigenvalue weighted by Crippen LogP contribution is -2.14. The van der Waals surface area contributed by atoms with E-state index in [0.717, 1.165) is 6.07 Å². The average Bonchev–Trinajstić information content (AvgIpc) is 2.42. The maximum atomic E-state index is 13.9. The third-order valence-electron chi connectivity index (χ3n) is 2.88. The van der Waals surface area contributed by atoms with Gasteiger partial charge in [-0.1, -0.05) is 40.9 Å². The first-order valence-electron chi connectivity index (χ1n) is 5.78. The minimum atomic E-state index is -1.38. The topological polar surface area (TPSA) is 40.9 Å². The molecule has 2 aromatic carbocycles. The van der Waals surface area contributed by atoms with E-state index in [-0.39, 0.29) is 21.2 Å². The van der Waals surface area contributed by atoms with Crippen LogP contribution in [0.2, 0.25) is 15.1 Å². The Morgan fingerprint density at radius 2 is 1.86 bits per heavy atom. The number of carbonyl (C=O) groups is 1. The van der Waals surface area contributed by atoms with Crippen LogP contribution in [0.1, 0.15) is 21.8 Å². The minimum absolute atomic E-state index is 0.0139. The normalized spacial score (nSPS) is 11.8. The Bertz CT molecular complexity index is 735. The van der Waals surface area contributed by atoms with Crippen molar-refractivity contribution in [3.8, 4) is 6.07 Å². The molecular weight excluding hydrogens is 336 g/mol. The summed E-state index contributed by atoms with van der Waals surface area (Å²) in [4.78, 5) is 12.4. The zero-order valence-electron chi connectivity index (χ0n) is 10.4. The first-order chi connectivity index (χ1) is 9.95. The summed E-state index contributed by atoms with van der Waals surface area (Å²) in [6, 6.07) is 9.98. The average molecular weight is 343 g/mol. The summed E-state index contributed by atoms with van der Waals surface area (Å²) in [6.07, 6.45) is 0. The van der Waals surface area contributed by atoms with Crippen LogP contribution in [0.25, 0.3) is 0 Å². The molecule has 0 aromatic heterocycles. The summed E-state index contributed by atoms with van der Waals surface area (Å²) in [6.45, 7) is 0. The Labute approximate surface area is 135 Å². The molecule has 0 aliphatic heterocycles. The van der Waals surface area contributed by atoms with Gasteiger partial charge >= 0.3 is 0 Å². The lowest BCUT2D eigenvalue weighted by molar-refractivity contribution is 0.0977. The number of hydrogen-bond acceptors (Lipinski definition) is 2. The summed E-state index contributed by atoms with van der Waals surface area (Å²) in [5, 5.41) is 9.71. The molecule has 106 valence electrons. The summed E-state index contributed by atoms with van der Waals surface area (Å²) < 4.78 is 13.9. The number of hydrogen-bond donors (Lipinski definition) is 0. The van der Waals surface area contributed by atoms with Crippen molar-refractivity contribution >= 4 is 40.6 Å². The number of benzene rings is 2. The maximum Gasteiger partial charge on any atom is 0.186 e. The van der Waals surface area contributed by atoms with Crippen molar-refractivity contribution < 1.29 is 9.18 Å². The molecular formula is C15H7Cl3FNO. The van der Waals surface area contributed by atoms with E-state index in [1.807, 2.05) is 0 Å². The SMILES string of the molecule is N#CC(C(=O)c1ccc(Cl)cc1Cl)c1c(F)cccc1Cl. The quantitative estimate of drug-likeness (QED) is 0.712. The second-order valence-corrected chi connectivity index (χ2v) is 5.44. The van der Waals surface area contributed by atoms with Crippen LogP contribution in [0.15, 0.2) is 36.4 Å². The van der Waals surface area contributed by atoms with E-state index in [4.69, 9.17) is 34.8 Å². The Hall–Kier alpha value is -1.60. The summed E-state index contributed by atoms with van der Waals surface area (Å²) in [5.41, 5.74) is -0.0652. The van der Waals surface area contributed by atoms with Gasteiger partial charge in [-0.2, -0.15) is 5.26 Å². The van der Waals surface area contributed by atoms with Crippen molar-refractivity contribution in [2.24, 2.45) is 0 Å². The number of nitriles is 1. The first-order valence-corrected chi connectivity index (χ1v) is 6.92. The number of carbonyl (C=O) groups excluding carboxylic acids is 1. The van der Waals surface area contributed by atoms with Crippen LogP contribution >= 0.6 is 34.8 Å². The van der Waals surface area contributed by atoms with Crippen LogP contribution in [0, 0.1) is 17.1 Å². The molecule has 0 aliphatic carbocycles. The van der Waals surface area contributed by atoms with E-state index in [0.29, 0.717) is 5.02 Å². The molecule has 6 heteroatoms. The van der Waals surface area contributed by atoms with Crippen LogP contribution in [-0.4, -0.2) is 5.78 Å². The highest BCUT2D eigenvalue weighted by Gasteiger charge is 2.28. The minimum Gasteiger partial charge on any atom is -0.292 e. The zero-order chi connectivity index (χ0) is 15.6. The van der Waals surface area contributed by atoms with Gasteiger partial charge in [-0.3, -0.25) is 4.79 Å². The van der Waals surface area contributed by atoms with E-state index in [9.17, 15) is 14.4 Å². The van der Waals surface area contributed by atoms with Gasteiger partial charge in [-0.15, -0.1) is 0 Å². The van der Waals surface area contributed by atoms with Gasteiger partial charge in [0.2, 0.25) is 0 Å². The molecule has 1 atom stereocenters. The molecule has 2 aromatic rings. The molecule has 0 heterocycles. The summed E-state index contributed by atoms with van der Waals surface area (Å²) in [7, 11) is 0. The lowest BCUT2D eigenvalue weighted by Gasteiger charge is -2.12. The van der Waals surface area contributed by atoms with Gasteiger partial charge in [0.1, 0.15) is 11.7 Å². The van der Waals surface area contributed by atoms with Gasteiger partial charge in [-0.25, -0.2) is 4.39 Å². The van der Waals surface area contributed by atoms with E-state index in [1.165, 1.54) is 30.3 Å². The molecule has 0 aliphatic rings. The van der Waals surface area contributed by atoms with E-state index in [2.05, 4.69) is 0 Å². The molecule has 2 nitrogen and oxygen atoms in total. The Morgan fingerprint density at radius 1 is 1.14 bits per heavy atom. The molecule has 21 heavy (non-hydrogen) atoms.